The van der Waals surface area contributed by atoms with Gasteiger partial charge in [0.1, 0.15) is 0 Å². The summed E-state index contributed by atoms with van der Waals surface area (Å²) in [4.78, 5) is 4.94. The van der Waals surface area contributed by atoms with Crippen molar-refractivity contribution in [3.8, 4) is 5.69 Å². The van der Waals surface area contributed by atoms with E-state index in [1.807, 2.05) is 0 Å². The zero-order chi connectivity index (χ0) is 48.8. The fourth-order valence-electron chi connectivity index (χ4n) is 11.0. The molecule has 1 heterocycles. The normalized spacial score (nSPS) is 12.2. The molecule has 0 radical (unpaired) electrons. The summed E-state index contributed by atoms with van der Waals surface area (Å²) in [5.74, 6) is 0. The Balaban J connectivity index is 1.26. The van der Waals surface area contributed by atoms with Crippen molar-refractivity contribution in [1.82, 2.24) is 4.57 Å². The third-order valence-electron chi connectivity index (χ3n) is 14.8. The smallest absolute Gasteiger partial charge is 0.0568 e. The molecule has 0 aliphatic carbocycles. The Labute approximate surface area is 417 Å². The summed E-state index contributed by atoms with van der Waals surface area (Å²) in [6.07, 6.45) is 0. The lowest BCUT2D eigenvalue weighted by Crippen LogP contribution is -2.13. The van der Waals surface area contributed by atoms with E-state index < -0.39 is 0 Å². The van der Waals surface area contributed by atoms with Gasteiger partial charge in [-0.3, -0.25) is 0 Å². The molecule has 0 bridgehead atoms. The lowest BCUT2D eigenvalue weighted by molar-refractivity contribution is 0.590. The lowest BCUT2D eigenvalue weighted by atomic mass is 9.87. The maximum Gasteiger partial charge on any atom is 0.0568 e. The molecule has 0 aliphatic rings. The average molecular weight is 918 g/mol. The molecule has 12 rings (SSSR count). The van der Waals surface area contributed by atoms with E-state index in [-0.39, 0.29) is 10.8 Å². The molecule has 0 spiro atoms. The van der Waals surface area contributed by atoms with Crippen molar-refractivity contribution in [3.63, 3.8) is 0 Å². The van der Waals surface area contributed by atoms with Crippen LogP contribution >= 0.6 is 0 Å². The molecule has 11 aromatic carbocycles. The Bertz CT molecular complexity index is 3790. The van der Waals surface area contributed by atoms with Crippen molar-refractivity contribution in [2.45, 2.75) is 66.2 Å². The summed E-state index contributed by atoms with van der Waals surface area (Å²) in [5.41, 5.74) is 15.3. The number of benzene rings is 11. The van der Waals surface area contributed by atoms with Gasteiger partial charge in [-0.05, 0) is 129 Å². The SMILES string of the molecule is Cc1ccc(N(c2ccc(C(C)(C)C)cc2)c2cc3c(c4ccccc24)c2c4ccccc4c(N(c4ccc(C)cc4)c4ccc(C(C)(C)C)cc4)cc2n3-c2cc3ccccc3c3ccccc23)cc1. The fourth-order valence-corrected chi connectivity index (χ4v) is 11.0. The molecule has 0 saturated heterocycles. The first-order valence-electron chi connectivity index (χ1n) is 25.1. The van der Waals surface area contributed by atoms with Crippen LogP contribution in [0.2, 0.25) is 0 Å². The van der Waals surface area contributed by atoms with Gasteiger partial charge in [0.2, 0.25) is 0 Å². The van der Waals surface area contributed by atoms with E-state index >= 15 is 0 Å². The summed E-state index contributed by atoms with van der Waals surface area (Å²) < 4.78 is 2.59. The van der Waals surface area contributed by atoms with Crippen molar-refractivity contribution >= 4 is 99.0 Å². The van der Waals surface area contributed by atoms with Crippen LogP contribution in [0.5, 0.6) is 0 Å². The third-order valence-corrected chi connectivity index (χ3v) is 14.8. The molecule has 0 atom stereocenters. The Hall–Kier alpha value is -8.14. The Morgan fingerprint density at radius 2 is 0.662 bits per heavy atom. The van der Waals surface area contributed by atoms with E-state index in [0.717, 1.165) is 50.8 Å². The molecule has 0 saturated carbocycles. The molecule has 1 aromatic heterocycles. The van der Waals surface area contributed by atoms with Crippen LogP contribution in [0.3, 0.4) is 0 Å². The first-order chi connectivity index (χ1) is 34.3. The summed E-state index contributed by atoms with van der Waals surface area (Å²) in [7, 11) is 0. The molecule has 3 nitrogen and oxygen atoms in total. The second-order valence-corrected chi connectivity index (χ2v) is 21.6. The largest absolute Gasteiger partial charge is 0.310 e. The summed E-state index contributed by atoms with van der Waals surface area (Å²) in [6, 6.07) is 79.8. The van der Waals surface area contributed by atoms with Crippen molar-refractivity contribution in [1.29, 1.82) is 0 Å². The number of nitrogens with zero attached hydrogens (tertiary/aromatic N) is 3. The van der Waals surface area contributed by atoms with Gasteiger partial charge >= 0.3 is 0 Å². The topological polar surface area (TPSA) is 11.4 Å². The molecule has 346 valence electrons. The molecular weight excluding hydrogens is 859 g/mol. The van der Waals surface area contributed by atoms with Crippen LogP contribution in [-0.2, 0) is 10.8 Å². The number of aromatic nitrogens is 1. The second kappa shape index (κ2) is 16.8. The summed E-state index contributed by atoms with van der Waals surface area (Å²) in [5, 5.41) is 12.2. The van der Waals surface area contributed by atoms with E-state index in [1.165, 1.54) is 76.1 Å². The molecule has 0 amide bonds. The molecule has 3 heteroatoms. The average Bonchev–Trinajstić information content (AvgIpc) is 3.71. The van der Waals surface area contributed by atoms with Gasteiger partial charge in [-0.1, -0.05) is 198 Å². The lowest BCUT2D eigenvalue weighted by Gasteiger charge is -2.28. The monoisotopic (exact) mass is 917 g/mol. The van der Waals surface area contributed by atoms with Gasteiger partial charge in [0.25, 0.3) is 0 Å². The summed E-state index contributed by atoms with van der Waals surface area (Å²) >= 11 is 0. The second-order valence-electron chi connectivity index (χ2n) is 21.6. The first kappa shape index (κ1) is 44.1. The summed E-state index contributed by atoms with van der Waals surface area (Å²) in [6.45, 7) is 18.0. The van der Waals surface area contributed by atoms with Gasteiger partial charge in [0, 0.05) is 49.7 Å². The molecule has 12 aromatic rings. The standard InChI is InChI=1S/C68H59N3/c1-44-25-33-49(34-26-44)69(51-37-29-47(30-38-51)67(3,4)5)61-42-63-65(58-23-15-13-21-56(58)61)66-59-24-16-14-22-57(59)62(70(50-35-27-45(2)28-36-50)52-39-31-48(32-40-52)68(6,7)8)43-64(66)71(63)60-41-46-17-9-10-18-53(46)54-19-11-12-20-55(54)60/h9-43H,1-8H3. The van der Waals surface area contributed by atoms with Gasteiger partial charge < -0.3 is 14.4 Å². The van der Waals surface area contributed by atoms with Crippen LogP contribution in [0.25, 0.3) is 70.6 Å². The van der Waals surface area contributed by atoms with Gasteiger partial charge in [-0.2, -0.15) is 0 Å². The maximum absolute atomic E-state index is 2.59. The van der Waals surface area contributed by atoms with Crippen LogP contribution in [0, 0.1) is 13.8 Å². The van der Waals surface area contributed by atoms with E-state index in [9.17, 15) is 0 Å². The zero-order valence-electron chi connectivity index (χ0n) is 42.0. The van der Waals surface area contributed by atoms with E-state index in [1.54, 1.807) is 0 Å². The van der Waals surface area contributed by atoms with Crippen molar-refractivity contribution < 1.29 is 0 Å². The number of hydrogen-bond acceptors (Lipinski definition) is 2. The predicted octanol–water partition coefficient (Wildman–Crippen LogP) is 19.5. The maximum atomic E-state index is 2.59. The highest BCUT2D eigenvalue weighted by Gasteiger charge is 2.27. The van der Waals surface area contributed by atoms with Crippen LogP contribution in [-0.4, -0.2) is 4.57 Å². The van der Waals surface area contributed by atoms with E-state index in [2.05, 4.69) is 282 Å². The van der Waals surface area contributed by atoms with Crippen LogP contribution < -0.4 is 9.80 Å². The molecular formula is C68H59N3. The Morgan fingerprint density at radius 1 is 0.324 bits per heavy atom. The number of rotatable bonds is 7. The molecule has 0 fully saturated rings. The molecule has 0 N–H and O–H groups in total. The quantitative estimate of drug-likeness (QED) is 0.148. The minimum absolute atomic E-state index is 0.0227. The van der Waals surface area contributed by atoms with Gasteiger partial charge in [0.15, 0.2) is 0 Å². The van der Waals surface area contributed by atoms with Gasteiger partial charge in [-0.25, -0.2) is 0 Å². The Kier molecular flexibility index (Phi) is 10.4. The number of fused-ring (bicyclic) bond motifs is 10. The van der Waals surface area contributed by atoms with Crippen LogP contribution in [0.15, 0.2) is 212 Å². The van der Waals surface area contributed by atoms with Crippen LogP contribution in [0.1, 0.15) is 63.8 Å². The van der Waals surface area contributed by atoms with Crippen molar-refractivity contribution in [3.05, 3.63) is 235 Å². The van der Waals surface area contributed by atoms with Crippen molar-refractivity contribution in [2.24, 2.45) is 0 Å². The van der Waals surface area contributed by atoms with Crippen molar-refractivity contribution in [2.75, 3.05) is 9.80 Å². The number of aryl methyl sites for hydroxylation is 2. The highest BCUT2D eigenvalue weighted by atomic mass is 15.2. The Morgan fingerprint density at radius 3 is 1.07 bits per heavy atom. The van der Waals surface area contributed by atoms with Gasteiger partial charge in [0.05, 0.1) is 28.1 Å². The number of hydrogen-bond donors (Lipinski definition) is 0. The van der Waals surface area contributed by atoms with E-state index in [4.69, 9.17) is 0 Å². The minimum atomic E-state index is 0.0227. The minimum Gasteiger partial charge on any atom is -0.310 e. The van der Waals surface area contributed by atoms with E-state index in [0.29, 0.717) is 0 Å². The third kappa shape index (κ3) is 7.50. The zero-order valence-corrected chi connectivity index (χ0v) is 42.0. The van der Waals surface area contributed by atoms with Gasteiger partial charge in [-0.15, -0.1) is 0 Å². The molecule has 0 unspecified atom stereocenters. The fraction of sp³-hybridized carbons (Fsp3) is 0.147. The highest BCUT2D eigenvalue weighted by Crippen LogP contribution is 2.51. The number of anilines is 6. The predicted molar refractivity (Wildman–Crippen MR) is 307 cm³/mol. The molecule has 0 aliphatic heterocycles. The van der Waals surface area contributed by atoms with Crippen LogP contribution in [0.4, 0.5) is 34.1 Å². The molecule has 71 heavy (non-hydrogen) atoms. The highest BCUT2D eigenvalue weighted by molar-refractivity contribution is 6.32. The first-order valence-corrected chi connectivity index (χ1v) is 25.1.